The monoisotopic (exact) mass is 397 g/mol. The van der Waals surface area contributed by atoms with E-state index in [1.807, 2.05) is 0 Å². The van der Waals surface area contributed by atoms with Crippen molar-refractivity contribution in [3.05, 3.63) is 53.9 Å². The summed E-state index contributed by atoms with van der Waals surface area (Å²) >= 11 is 0. The zero-order valence-electron chi connectivity index (χ0n) is 14.2. The van der Waals surface area contributed by atoms with Crippen molar-refractivity contribution in [1.82, 2.24) is 9.88 Å². The highest BCUT2D eigenvalue weighted by molar-refractivity contribution is 7.89. The van der Waals surface area contributed by atoms with Gasteiger partial charge >= 0.3 is 0 Å². The summed E-state index contributed by atoms with van der Waals surface area (Å²) in [6, 6.07) is 9.28. The topological polar surface area (TPSA) is 128 Å². The Morgan fingerprint density at radius 3 is 2.38 bits per heavy atom. The van der Waals surface area contributed by atoms with Crippen LogP contribution in [0.1, 0.15) is 22.1 Å². The average Bonchev–Trinajstić information content (AvgIpc) is 2.96. The Balaban J connectivity index is 2.25. The summed E-state index contributed by atoms with van der Waals surface area (Å²) in [6.45, 7) is 0. The summed E-state index contributed by atoms with van der Waals surface area (Å²) < 4.78 is 35.6. The molecule has 140 valence electrons. The van der Waals surface area contributed by atoms with Crippen LogP contribution in [0.4, 0.5) is 0 Å². The first-order chi connectivity index (χ1) is 12.1. The van der Waals surface area contributed by atoms with Crippen LogP contribution in [0.15, 0.2) is 47.5 Å². The first-order valence-electron chi connectivity index (χ1n) is 7.49. The first-order valence-corrected chi connectivity index (χ1v) is 10.8. The maximum absolute atomic E-state index is 12.4. The number of benzene rings is 1. The third kappa shape index (κ3) is 4.87. The maximum Gasteiger partial charge on any atom is 0.294 e. The van der Waals surface area contributed by atoms with E-state index in [2.05, 4.69) is 5.32 Å². The molecule has 1 aromatic heterocycles. The van der Waals surface area contributed by atoms with Crippen molar-refractivity contribution in [2.24, 2.45) is 12.2 Å². The molecule has 3 N–H and O–H groups in total. The molecule has 0 aliphatic heterocycles. The van der Waals surface area contributed by atoms with E-state index < -0.39 is 38.6 Å². The molecule has 2 unspecified atom stereocenters. The molecule has 1 aromatic carbocycles. The third-order valence-electron chi connectivity index (χ3n) is 3.66. The molecular weight excluding hydrogens is 378 g/mol. The van der Waals surface area contributed by atoms with Crippen molar-refractivity contribution in [1.29, 1.82) is 0 Å². The van der Waals surface area contributed by atoms with Crippen LogP contribution in [-0.4, -0.2) is 40.9 Å². The number of amides is 1. The molecule has 0 spiro atoms. The van der Waals surface area contributed by atoms with Crippen molar-refractivity contribution < 1.29 is 22.2 Å². The Bertz CT molecular complexity index is 952. The predicted molar refractivity (Wildman–Crippen MR) is 97.4 cm³/mol. The average molecular weight is 397 g/mol. The number of rotatable bonds is 7. The first kappa shape index (κ1) is 20.0. The van der Waals surface area contributed by atoms with Gasteiger partial charge in [0.15, 0.2) is 0 Å². The highest BCUT2D eigenvalue weighted by Gasteiger charge is 2.25. The fourth-order valence-electron chi connectivity index (χ4n) is 2.40. The normalized spacial score (nSPS) is 13.8. The number of hydrogen-bond donors (Lipinski definition) is 2. The number of ketones is 1. The number of aromatic nitrogens is 1. The van der Waals surface area contributed by atoms with Gasteiger partial charge in [0.25, 0.3) is 11.7 Å². The SMILES string of the molecule is Cn1cc(S(N)(=O)=O)cc1C(=O)C(=O)NC(CS(C)=O)c1ccccc1. The number of sulfonamides is 1. The molecule has 2 rings (SSSR count). The van der Waals surface area contributed by atoms with Crippen LogP contribution in [-0.2, 0) is 32.7 Å². The lowest BCUT2D eigenvalue weighted by Gasteiger charge is -2.17. The van der Waals surface area contributed by atoms with Gasteiger partial charge in [0.2, 0.25) is 10.0 Å². The van der Waals surface area contributed by atoms with Crippen molar-refractivity contribution in [3.8, 4) is 0 Å². The fourth-order valence-corrected chi connectivity index (χ4v) is 3.72. The van der Waals surface area contributed by atoms with Gasteiger partial charge in [-0.1, -0.05) is 30.3 Å². The fraction of sp³-hybridized carbons (Fsp3) is 0.250. The molecule has 1 amide bonds. The minimum Gasteiger partial charge on any atom is -0.346 e. The summed E-state index contributed by atoms with van der Waals surface area (Å²) in [6.07, 6.45) is 2.66. The molecule has 0 aliphatic carbocycles. The Hall–Kier alpha value is -2.30. The number of carbonyl (C=O) groups is 2. The van der Waals surface area contributed by atoms with Crippen molar-refractivity contribution in [2.45, 2.75) is 10.9 Å². The van der Waals surface area contributed by atoms with Gasteiger partial charge in [0.1, 0.15) is 4.90 Å². The standard InChI is InChI=1S/C16H19N3O5S2/c1-19-9-12(26(17,23)24)8-14(19)15(20)16(21)18-13(10-25(2)22)11-6-4-3-5-7-11/h3-9,13H,10H2,1-2H3,(H,18,21)(H2,17,23,24). The number of Topliss-reactive ketones (excluding diaryl/α,β-unsaturated/α-hetero) is 1. The molecule has 0 saturated heterocycles. The second kappa shape index (κ2) is 7.94. The molecule has 0 radical (unpaired) electrons. The zero-order chi connectivity index (χ0) is 19.5. The minimum atomic E-state index is -3.99. The van der Waals surface area contributed by atoms with Crippen LogP contribution in [0, 0.1) is 0 Å². The molecule has 0 aliphatic rings. The summed E-state index contributed by atoms with van der Waals surface area (Å²) in [5.41, 5.74) is 0.594. The van der Waals surface area contributed by atoms with Gasteiger partial charge in [-0.25, -0.2) is 13.6 Å². The van der Waals surface area contributed by atoms with Crippen LogP contribution in [0.3, 0.4) is 0 Å². The molecule has 10 heteroatoms. The highest BCUT2D eigenvalue weighted by atomic mass is 32.2. The number of primary sulfonamides is 1. The van der Waals surface area contributed by atoms with E-state index in [4.69, 9.17) is 5.14 Å². The van der Waals surface area contributed by atoms with Crippen LogP contribution in [0.25, 0.3) is 0 Å². The highest BCUT2D eigenvalue weighted by Crippen LogP contribution is 2.16. The number of nitrogens with zero attached hydrogens (tertiary/aromatic N) is 1. The molecule has 2 atom stereocenters. The van der Waals surface area contributed by atoms with E-state index in [9.17, 15) is 22.2 Å². The zero-order valence-corrected chi connectivity index (χ0v) is 15.8. The molecule has 8 nitrogen and oxygen atoms in total. The van der Waals surface area contributed by atoms with Gasteiger partial charge in [-0.05, 0) is 11.6 Å². The second-order valence-electron chi connectivity index (χ2n) is 5.72. The van der Waals surface area contributed by atoms with Gasteiger partial charge in [-0.15, -0.1) is 0 Å². The third-order valence-corrected chi connectivity index (χ3v) is 5.34. The lowest BCUT2D eigenvalue weighted by atomic mass is 10.1. The van der Waals surface area contributed by atoms with Crippen LogP contribution in [0.2, 0.25) is 0 Å². The summed E-state index contributed by atoms with van der Waals surface area (Å²) in [5.74, 6) is -1.70. The molecule has 26 heavy (non-hydrogen) atoms. The number of aryl methyl sites for hydroxylation is 1. The Morgan fingerprint density at radius 1 is 1.27 bits per heavy atom. The van der Waals surface area contributed by atoms with Crippen molar-refractivity contribution >= 4 is 32.5 Å². The molecular formula is C16H19N3O5S2. The van der Waals surface area contributed by atoms with Crippen LogP contribution >= 0.6 is 0 Å². The number of carbonyl (C=O) groups excluding carboxylic acids is 2. The van der Waals surface area contributed by atoms with E-state index >= 15 is 0 Å². The van der Waals surface area contributed by atoms with Gasteiger partial charge in [0, 0.05) is 36.1 Å². The molecule has 2 aromatic rings. The molecule has 0 fully saturated rings. The van der Waals surface area contributed by atoms with Crippen molar-refractivity contribution in [3.63, 3.8) is 0 Å². The lowest BCUT2D eigenvalue weighted by Crippen LogP contribution is -2.37. The van der Waals surface area contributed by atoms with E-state index in [-0.39, 0.29) is 16.3 Å². The molecule has 0 saturated carbocycles. The maximum atomic E-state index is 12.4. The second-order valence-corrected chi connectivity index (χ2v) is 8.76. The van der Waals surface area contributed by atoms with E-state index in [1.165, 1.54) is 17.9 Å². The van der Waals surface area contributed by atoms with E-state index in [0.29, 0.717) is 5.56 Å². The van der Waals surface area contributed by atoms with E-state index in [0.717, 1.165) is 12.3 Å². The summed E-state index contributed by atoms with van der Waals surface area (Å²) in [7, 11) is -3.76. The van der Waals surface area contributed by atoms with Gasteiger partial charge < -0.3 is 9.88 Å². The van der Waals surface area contributed by atoms with Crippen LogP contribution in [0.5, 0.6) is 0 Å². The van der Waals surface area contributed by atoms with Gasteiger partial charge in [-0.3, -0.25) is 13.8 Å². The quantitative estimate of drug-likeness (QED) is 0.505. The Kier molecular flexibility index (Phi) is 6.11. The predicted octanol–water partition coefficient (Wildman–Crippen LogP) is 0.0912. The van der Waals surface area contributed by atoms with E-state index in [1.54, 1.807) is 30.3 Å². The number of hydrogen-bond acceptors (Lipinski definition) is 5. The molecule has 0 bridgehead atoms. The number of nitrogens with one attached hydrogen (secondary N) is 1. The van der Waals surface area contributed by atoms with Crippen LogP contribution < -0.4 is 10.5 Å². The smallest absolute Gasteiger partial charge is 0.294 e. The minimum absolute atomic E-state index is 0.115. The van der Waals surface area contributed by atoms with Crippen molar-refractivity contribution in [2.75, 3.05) is 12.0 Å². The van der Waals surface area contributed by atoms with Gasteiger partial charge in [-0.2, -0.15) is 0 Å². The Morgan fingerprint density at radius 2 is 1.88 bits per heavy atom. The Labute approximate surface area is 153 Å². The molecule has 1 heterocycles. The summed E-state index contributed by atoms with van der Waals surface area (Å²) in [4.78, 5) is 24.5. The lowest BCUT2D eigenvalue weighted by molar-refractivity contribution is -0.117. The summed E-state index contributed by atoms with van der Waals surface area (Å²) in [5, 5.41) is 7.60. The number of nitrogens with two attached hydrogens (primary N) is 1. The largest absolute Gasteiger partial charge is 0.346 e. The van der Waals surface area contributed by atoms with Gasteiger partial charge in [0.05, 0.1) is 11.7 Å².